The second-order valence-corrected chi connectivity index (χ2v) is 6.07. The minimum absolute atomic E-state index is 0.155. The van der Waals surface area contributed by atoms with Gasteiger partial charge in [-0.1, -0.05) is 36.4 Å². The number of benzene rings is 2. The molecule has 0 saturated heterocycles. The third-order valence-electron chi connectivity index (χ3n) is 4.22. The first-order chi connectivity index (χ1) is 13.1. The van der Waals surface area contributed by atoms with Crippen molar-refractivity contribution in [2.24, 2.45) is 16.1 Å². The van der Waals surface area contributed by atoms with Crippen molar-refractivity contribution in [3.05, 3.63) is 66.4 Å². The molecule has 134 valence electrons. The van der Waals surface area contributed by atoms with Crippen molar-refractivity contribution >= 4 is 40.4 Å². The minimum Gasteiger partial charge on any atom is -0.451 e. The number of anilines is 1. The van der Waals surface area contributed by atoms with Gasteiger partial charge in [-0.15, -0.1) is 0 Å². The Morgan fingerprint density at radius 1 is 1.19 bits per heavy atom. The van der Waals surface area contributed by atoms with E-state index in [4.69, 9.17) is 4.42 Å². The van der Waals surface area contributed by atoms with Crippen LogP contribution in [0.3, 0.4) is 0 Å². The summed E-state index contributed by atoms with van der Waals surface area (Å²) in [6.07, 6.45) is 1.38. The molecule has 3 aromatic rings. The number of furan rings is 1. The highest BCUT2D eigenvalue weighted by Crippen LogP contribution is 2.22. The summed E-state index contributed by atoms with van der Waals surface area (Å²) in [6.45, 7) is 1.75. The van der Waals surface area contributed by atoms with E-state index in [1.165, 1.54) is 11.2 Å². The molecule has 0 saturated carbocycles. The monoisotopic (exact) mass is 360 g/mol. The zero-order valence-corrected chi connectivity index (χ0v) is 14.5. The summed E-state index contributed by atoms with van der Waals surface area (Å²) in [5.74, 6) is -1.17. The van der Waals surface area contributed by atoms with Crippen molar-refractivity contribution in [2.75, 3.05) is 5.01 Å². The van der Waals surface area contributed by atoms with Gasteiger partial charge in [0.1, 0.15) is 11.5 Å². The number of rotatable bonds is 4. The smallest absolute Gasteiger partial charge is 0.307 e. The number of carbonyl (C=O) groups is 2. The highest BCUT2D eigenvalue weighted by molar-refractivity contribution is 6.23. The molecule has 1 aliphatic rings. The maximum atomic E-state index is 12.6. The lowest BCUT2D eigenvalue weighted by atomic mass is 10.1. The van der Waals surface area contributed by atoms with Gasteiger partial charge in [0.2, 0.25) is 0 Å². The molecular formula is C20H16N4O3. The van der Waals surface area contributed by atoms with E-state index >= 15 is 0 Å². The molecular weight excluding hydrogens is 344 g/mol. The van der Waals surface area contributed by atoms with Gasteiger partial charge in [0.05, 0.1) is 11.4 Å². The van der Waals surface area contributed by atoms with Gasteiger partial charge in [0.15, 0.2) is 5.76 Å². The van der Waals surface area contributed by atoms with Crippen LogP contribution in [0.2, 0.25) is 0 Å². The molecule has 2 aromatic carbocycles. The summed E-state index contributed by atoms with van der Waals surface area (Å²) in [7, 11) is 0. The largest absolute Gasteiger partial charge is 0.451 e. The van der Waals surface area contributed by atoms with E-state index in [0.29, 0.717) is 17.0 Å². The number of hydrogen-bond donors (Lipinski definition) is 1. The van der Waals surface area contributed by atoms with Crippen molar-refractivity contribution in [1.29, 1.82) is 0 Å². The average molecular weight is 360 g/mol. The summed E-state index contributed by atoms with van der Waals surface area (Å²) in [6, 6.07) is 18.1. The van der Waals surface area contributed by atoms with Crippen LogP contribution in [0.25, 0.3) is 11.0 Å². The predicted octanol–water partition coefficient (Wildman–Crippen LogP) is 3.19. The first-order valence-electron chi connectivity index (χ1n) is 8.40. The van der Waals surface area contributed by atoms with E-state index in [0.717, 1.165) is 5.39 Å². The average Bonchev–Trinajstić information content (AvgIpc) is 3.24. The second-order valence-electron chi connectivity index (χ2n) is 6.07. The molecule has 0 fully saturated rings. The summed E-state index contributed by atoms with van der Waals surface area (Å²) >= 11 is 0. The molecule has 1 N–H and O–H groups in total. The zero-order valence-electron chi connectivity index (χ0n) is 14.5. The molecule has 7 nitrogen and oxygen atoms in total. The molecule has 0 unspecified atom stereocenters. The van der Waals surface area contributed by atoms with Gasteiger partial charge in [-0.25, -0.2) is 5.43 Å². The number of nitrogens with zero attached hydrogens (tertiary/aromatic N) is 3. The van der Waals surface area contributed by atoms with Crippen LogP contribution >= 0.6 is 0 Å². The molecule has 0 bridgehead atoms. The third kappa shape index (κ3) is 3.22. The second kappa shape index (κ2) is 6.87. The van der Waals surface area contributed by atoms with Gasteiger partial charge < -0.3 is 4.42 Å². The van der Waals surface area contributed by atoms with Gasteiger partial charge in [-0.05, 0) is 31.2 Å². The van der Waals surface area contributed by atoms with Crippen molar-refractivity contribution in [3.63, 3.8) is 0 Å². The van der Waals surface area contributed by atoms with Crippen LogP contribution in [0.5, 0.6) is 0 Å². The van der Waals surface area contributed by atoms with Crippen molar-refractivity contribution in [2.45, 2.75) is 6.92 Å². The Balaban J connectivity index is 1.44. The molecule has 0 spiro atoms. The maximum absolute atomic E-state index is 12.6. The van der Waals surface area contributed by atoms with Crippen molar-refractivity contribution in [1.82, 2.24) is 5.43 Å². The maximum Gasteiger partial charge on any atom is 0.307 e. The lowest BCUT2D eigenvalue weighted by molar-refractivity contribution is -0.118. The number of fused-ring (bicyclic) bond motifs is 1. The highest BCUT2D eigenvalue weighted by Gasteiger charge is 2.33. The minimum atomic E-state index is -0.624. The fourth-order valence-corrected chi connectivity index (χ4v) is 2.82. The Kier molecular flexibility index (Phi) is 4.25. The SMILES string of the molecule is CC1=NN(c2ccccc2)C(=O)[C@@H]1/C=N/NC(=O)c1cc2ccccc2o1. The molecule has 0 aliphatic carbocycles. The lowest BCUT2D eigenvalue weighted by Crippen LogP contribution is -2.29. The third-order valence-corrected chi connectivity index (χ3v) is 4.22. The van der Waals surface area contributed by atoms with E-state index in [-0.39, 0.29) is 11.7 Å². The Morgan fingerprint density at radius 2 is 1.93 bits per heavy atom. The van der Waals surface area contributed by atoms with Gasteiger partial charge >= 0.3 is 5.91 Å². The standard InChI is InChI=1S/C20H16N4O3/c1-13-16(20(26)24(23-13)15-8-3-2-4-9-15)12-21-22-19(25)18-11-14-7-5-6-10-17(14)27-18/h2-12,16H,1H3,(H,22,25)/b21-12+/t16-/m1/s1. The predicted molar refractivity (Wildman–Crippen MR) is 103 cm³/mol. The summed E-state index contributed by atoms with van der Waals surface area (Å²) in [5.41, 5.74) is 4.30. The molecule has 2 amide bonds. The molecule has 27 heavy (non-hydrogen) atoms. The molecule has 2 heterocycles. The topological polar surface area (TPSA) is 87.3 Å². The Morgan fingerprint density at radius 3 is 2.70 bits per heavy atom. The fraction of sp³-hybridized carbons (Fsp3) is 0.100. The van der Waals surface area contributed by atoms with E-state index in [1.807, 2.05) is 36.4 Å². The number of para-hydroxylation sites is 2. The van der Waals surface area contributed by atoms with E-state index < -0.39 is 11.8 Å². The van der Waals surface area contributed by atoms with Gasteiger partial charge in [0.25, 0.3) is 5.91 Å². The van der Waals surface area contributed by atoms with Crippen LogP contribution in [-0.4, -0.2) is 23.7 Å². The molecule has 1 aromatic heterocycles. The molecule has 1 atom stereocenters. The number of nitrogens with one attached hydrogen (secondary N) is 1. The van der Waals surface area contributed by atoms with Crippen LogP contribution in [0.4, 0.5) is 5.69 Å². The van der Waals surface area contributed by atoms with Gasteiger partial charge in [0, 0.05) is 11.6 Å². The molecule has 1 aliphatic heterocycles. The Bertz CT molecular complexity index is 1040. The van der Waals surface area contributed by atoms with Gasteiger partial charge in [-0.2, -0.15) is 15.2 Å². The van der Waals surface area contributed by atoms with E-state index in [9.17, 15) is 9.59 Å². The summed E-state index contributed by atoms with van der Waals surface area (Å²) < 4.78 is 5.48. The first kappa shape index (κ1) is 16.7. The van der Waals surface area contributed by atoms with Gasteiger partial charge in [-0.3, -0.25) is 9.59 Å². The number of hydrogen-bond acceptors (Lipinski definition) is 5. The zero-order chi connectivity index (χ0) is 18.8. The molecule has 4 rings (SSSR count). The molecule has 0 radical (unpaired) electrons. The fourth-order valence-electron chi connectivity index (χ4n) is 2.82. The number of amides is 2. The molecule has 7 heteroatoms. The Labute approximate surface area is 155 Å². The summed E-state index contributed by atoms with van der Waals surface area (Å²) in [5, 5.41) is 10.4. The van der Waals surface area contributed by atoms with E-state index in [1.54, 1.807) is 31.2 Å². The van der Waals surface area contributed by atoms with Crippen LogP contribution in [0.1, 0.15) is 17.5 Å². The van der Waals surface area contributed by atoms with E-state index in [2.05, 4.69) is 15.6 Å². The number of carbonyl (C=O) groups excluding carboxylic acids is 2. The number of hydrazone groups is 2. The summed E-state index contributed by atoms with van der Waals surface area (Å²) in [4.78, 5) is 24.8. The quantitative estimate of drug-likeness (QED) is 0.572. The normalized spacial score (nSPS) is 16.9. The lowest BCUT2D eigenvalue weighted by Gasteiger charge is -2.12. The van der Waals surface area contributed by atoms with Crippen LogP contribution in [-0.2, 0) is 4.79 Å². The van der Waals surface area contributed by atoms with Crippen LogP contribution < -0.4 is 10.4 Å². The van der Waals surface area contributed by atoms with Crippen LogP contribution in [0.15, 0.2) is 75.3 Å². The van der Waals surface area contributed by atoms with Crippen molar-refractivity contribution in [3.8, 4) is 0 Å². The Hall–Kier alpha value is -3.74. The van der Waals surface area contributed by atoms with Crippen molar-refractivity contribution < 1.29 is 14.0 Å². The highest BCUT2D eigenvalue weighted by atomic mass is 16.3. The van der Waals surface area contributed by atoms with Crippen LogP contribution in [0, 0.1) is 5.92 Å². The first-order valence-corrected chi connectivity index (χ1v) is 8.40.